The van der Waals surface area contributed by atoms with E-state index in [2.05, 4.69) is 0 Å². The largest absolute Gasteiger partial charge is 0.481 e. The second-order valence-electron chi connectivity index (χ2n) is 4.63. The van der Waals surface area contributed by atoms with Crippen LogP contribution in [0.3, 0.4) is 0 Å². The van der Waals surface area contributed by atoms with E-state index in [0.717, 1.165) is 0 Å². The Morgan fingerprint density at radius 2 is 1.76 bits per heavy atom. The average Bonchev–Trinajstić information content (AvgIpc) is 2.46. The van der Waals surface area contributed by atoms with Crippen LogP contribution < -0.4 is 4.90 Å². The molecule has 21 heavy (non-hydrogen) atoms. The third-order valence-electron chi connectivity index (χ3n) is 3.20. The van der Waals surface area contributed by atoms with E-state index in [4.69, 9.17) is 5.11 Å². The highest BCUT2D eigenvalue weighted by atomic mass is 19.1. The summed E-state index contributed by atoms with van der Waals surface area (Å²) in [7, 11) is 0. The second kappa shape index (κ2) is 8.36. The van der Waals surface area contributed by atoms with Gasteiger partial charge < -0.3 is 10.0 Å². The molecule has 0 bridgehead atoms. The maximum Gasteiger partial charge on any atom is 0.304 e. The first-order valence-corrected chi connectivity index (χ1v) is 6.98. The van der Waals surface area contributed by atoms with Gasteiger partial charge in [-0.05, 0) is 37.7 Å². The highest BCUT2D eigenvalue weighted by Gasteiger charge is 2.17. The number of halogens is 1. The van der Waals surface area contributed by atoms with E-state index >= 15 is 0 Å². The lowest BCUT2D eigenvalue weighted by Gasteiger charge is -2.25. The standard InChI is InChI=1S/C15H21FN2O3/c1-3-17(10-9-15(20)21)11-14(19)18(4-2)13-7-5-12(16)6-8-13/h5-8H,3-4,9-11H2,1-2H3,(H,20,21). The average molecular weight is 296 g/mol. The van der Waals surface area contributed by atoms with E-state index in [1.165, 1.54) is 12.1 Å². The molecule has 0 spiro atoms. The zero-order valence-electron chi connectivity index (χ0n) is 12.4. The van der Waals surface area contributed by atoms with Crippen molar-refractivity contribution in [2.75, 3.05) is 31.1 Å². The molecule has 0 fully saturated rings. The molecule has 0 radical (unpaired) electrons. The normalized spacial score (nSPS) is 10.7. The van der Waals surface area contributed by atoms with Gasteiger partial charge in [0.25, 0.3) is 0 Å². The lowest BCUT2D eigenvalue weighted by atomic mass is 10.2. The monoisotopic (exact) mass is 296 g/mol. The van der Waals surface area contributed by atoms with Gasteiger partial charge in [-0.25, -0.2) is 4.39 Å². The highest BCUT2D eigenvalue weighted by Crippen LogP contribution is 2.15. The quantitative estimate of drug-likeness (QED) is 0.797. The molecule has 1 rings (SSSR count). The SMILES string of the molecule is CCN(CCC(=O)O)CC(=O)N(CC)c1ccc(F)cc1. The minimum absolute atomic E-state index is 0.00376. The number of carbonyl (C=O) groups is 2. The van der Waals surface area contributed by atoms with Crippen LogP contribution in [0, 0.1) is 5.82 Å². The van der Waals surface area contributed by atoms with Gasteiger partial charge in [-0.2, -0.15) is 0 Å². The van der Waals surface area contributed by atoms with E-state index < -0.39 is 5.97 Å². The fourth-order valence-electron chi connectivity index (χ4n) is 2.00. The summed E-state index contributed by atoms with van der Waals surface area (Å²) in [5, 5.41) is 8.69. The molecular formula is C15H21FN2O3. The molecule has 0 aliphatic carbocycles. The number of carboxylic acids is 1. The van der Waals surface area contributed by atoms with Gasteiger partial charge in [0.15, 0.2) is 0 Å². The number of hydrogen-bond donors (Lipinski definition) is 1. The Bertz CT molecular complexity index is 476. The summed E-state index contributed by atoms with van der Waals surface area (Å²) in [4.78, 5) is 26.2. The Morgan fingerprint density at radius 1 is 1.14 bits per heavy atom. The van der Waals surface area contributed by atoms with Gasteiger partial charge in [-0.15, -0.1) is 0 Å². The van der Waals surface area contributed by atoms with Crippen LogP contribution >= 0.6 is 0 Å². The van der Waals surface area contributed by atoms with Gasteiger partial charge in [0, 0.05) is 18.8 Å². The molecule has 1 amide bonds. The molecule has 6 heteroatoms. The minimum atomic E-state index is -0.883. The van der Waals surface area contributed by atoms with E-state index in [9.17, 15) is 14.0 Å². The maximum absolute atomic E-state index is 12.9. The first-order chi connectivity index (χ1) is 9.97. The Hall–Kier alpha value is -1.95. The first-order valence-electron chi connectivity index (χ1n) is 6.98. The first kappa shape index (κ1) is 17.1. The number of likely N-dealkylation sites (N-methyl/N-ethyl adjacent to an activating group) is 2. The van der Waals surface area contributed by atoms with Crippen molar-refractivity contribution in [3.8, 4) is 0 Å². The molecule has 1 aromatic rings. The molecule has 0 aromatic heterocycles. The summed E-state index contributed by atoms with van der Waals surface area (Å²) in [6, 6.07) is 5.75. The Kier molecular flexibility index (Phi) is 6.81. The van der Waals surface area contributed by atoms with Crippen molar-refractivity contribution in [2.45, 2.75) is 20.3 Å². The number of aliphatic carboxylic acids is 1. The topological polar surface area (TPSA) is 60.9 Å². The number of rotatable bonds is 8. The minimum Gasteiger partial charge on any atom is -0.481 e. The third-order valence-corrected chi connectivity index (χ3v) is 3.20. The number of carbonyl (C=O) groups excluding carboxylic acids is 1. The summed E-state index contributed by atoms with van der Waals surface area (Å²) in [5.74, 6) is -1.36. The van der Waals surface area contributed by atoms with Gasteiger partial charge in [0.2, 0.25) is 5.91 Å². The van der Waals surface area contributed by atoms with Crippen molar-refractivity contribution in [1.29, 1.82) is 0 Å². The zero-order chi connectivity index (χ0) is 15.8. The summed E-state index contributed by atoms with van der Waals surface area (Å²) in [5.41, 5.74) is 0.637. The smallest absolute Gasteiger partial charge is 0.304 e. The Morgan fingerprint density at radius 3 is 2.24 bits per heavy atom. The van der Waals surface area contributed by atoms with Crippen LogP contribution in [-0.2, 0) is 9.59 Å². The fourth-order valence-corrected chi connectivity index (χ4v) is 2.00. The van der Waals surface area contributed by atoms with Crippen LogP contribution in [0.1, 0.15) is 20.3 Å². The molecule has 1 N–H and O–H groups in total. The van der Waals surface area contributed by atoms with Gasteiger partial charge in [-0.1, -0.05) is 6.92 Å². The number of carboxylic acid groups (broad SMARTS) is 1. The van der Waals surface area contributed by atoms with Crippen LogP contribution in [0.5, 0.6) is 0 Å². The zero-order valence-corrected chi connectivity index (χ0v) is 12.4. The molecule has 0 saturated heterocycles. The van der Waals surface area contributed by atoms with E-state index in [1.807, 2.05) is 13.8 Å². The number of hydrogen-bond acceptors (Lipinski definition) is 3. The van der Waals surface area contributed by atoms with Crippen LogP contribution in [0.4, 0.5) is 10.1 Å². The third kappa shape index (κ3) is 5.51. The van der Waals surface area contributed by atoms with Crippen molar-refractivity contribution in [3.63, 3.8) is 0 Å². The Labute approximate surface area is 124 Å². The van der Waals surface area contributed by atoms with E-state index in [1.54, 1.807) is 21.9 Å². The second-order valence-corrected chi connectivity index (χ2v) is 4.63. The molecule has 0 aliphatic heterocycles. The van der Waals surface area contributed by atoms with Crippen molar-refractivity contribution < 1.29 is 19.1 Å². The van der Waals surface area contributed by atoms with E-state index in [0.29, 0.717) is 25.3 Å². The fraction of sp³-hybridized carbons (Fsp3) is 0.467. The highest BCUT2D eigenvalue weighted by molar-refractivity contribution is 5.94. The van der Waals surface area contributed by atoms with Crippen molar-refractivity contribution in [3.05, 3.63) is 30.1 Å². The molecule has 0 saturated carbocycles. The Balaban J connectivity index is 2.69. The van der Waals surface area contributed by atoms with Crippen LogP contribution in [0.15, 0.2) is 24.3 Å². The molecule has 116 valence electrons. The summed E-state index contributed by atoms with van der Waals surface area (Å²) >= 11 is 0. The maximum atomic E-state index is 12.9. The summed E-state index contributed by atoms with van der Waals surface area (Å²) in [6.45, 7) is 5.27. The summed E-state index contributed by atoms with van der Waals surface area (Å²) < 4.78 is 12.9. The van der Waals surface area contributed by atoms with Gasteiger partial charge >= 0.3 is 5.97 Å². The van der Waals surface area contributed by atoms with Crippen LogP contribution in [-0.4, -0.2) is 48.1 Å². The molecule has 0 heterocycles. The van der Waals surface area contributed by atoms with E-state index in [-0.39, 0.29) is 24.7 Å². The predicted molar refractivity (Wildman–Crippen MR) is 78.8 cm³/mol. The molecule has 0 atom stereocenters. The van der Waals surface area contributed by atoms with Gasteiger partial charge in [-0.3, -0.25) is 14.5 Å². The predicted octanol–water partition coefficient (Wildman–Crippen LogP) is 1.98. The summed E-state index contributed by atoms with van der Waals surface area (Å²) in [6.07, 6.45) is 0.00376. The van der Waals surface area contributed by atoms with Crippen LogP contribution in [0.25, 0.3) is 0 Å². The number of anilines is 1. The molecule has 0 unspecified atom stereocenters. The van der Waals surface area contributed by atoms with Crippen LogP contribution in [0.2, 0.25) is 0 Å². The molecular weight excluding hydrogens is 275 g/mol. The molecule has 0 aliphatic rings. The van der Waals surface area contributed by atoms with Crippen molar-refractivity contribution in [2.24, 2.45) is 0 Å². The number of nitrogens with zero attached hydrogens (tertiary/aromatic N) is 2. The van der Waals surface area contributed by atoms with Crippen molar-refractivity contribution >= 4 is 17.6 Å². The van der Waals surface area contributed by atoms with Gasteiger partial charge in [0.1, 0.15) is 5.82 Å². The number of amides is 1. The lowest BCUT2D eigenvalue weighted by molar-refractivity contribution is -0.137. The lowest BCUT2D eigenvalue weighted by Crippen LogP contribution is -2.41. The van der Waals surface area contributed by atoms with Crippen molar-refractivity contribution in [1.82, 2.24) is 4.90 Å². The molecule has 1 aromatic carbocycles. The number of benzene rings is 1. The van der Waals surface area contributed by atoms with Gasteiger partial charge in [0.05, 0.1) is 13.0 Å². The molecule has 5 nitrogen and oxygen atoms in total.